The van der Waals surface area contributed by atoms with Crippen molar-refractivity contribution in [1.29, 1.82) is 0 Å². The molecule has 150 valence electrons. The summed E-state index contributed by atoms with van der Waals surface area (Å²) in [6, 6.07) is 7.66. The molecule has 27 heavy (non-hydrogen) atoms. The van der Waals surface area contributed by atoms with Gasteiger partial charge in [0, 0.05) is 6.04 Å². The molecule has 2 fully saturated rings. The van der Waals surface area contributed by atoms with Crippen molar-refractivity contribution in [3.63, 3.8) is 0 Å². The number of hydrogen-bond donors (Lipinski definition) is 0. The van der Waals surface area contributed by atoms with E-state index in [2.05, 4.69) is 50.9 Å². The third kappa shape index (κ3) is 3.33. The van der Waals surface area contributed by atoms with Crippen LogP contribution < -0.4 is 4.74 Å². The molecule has 0 saturated heterocycles. The van der Waals surface area contributed by atoms with Crippen molar-refractivity contribution in [2.45, 2.75) is 77.7 Å². The van der Waals surface area contributed by atoms with Crippen molar-refractivity contribution in [3.8, 4) is 5.75 Å². The van der Waals surface area contributed by atoms with E-state index in [9.17, 15) is 0 Å². The molecule has 3 aliphatic carbocycles. The molecule has 1 aromatic carbocycles. The van der Waals surface area contributed by atoms with E-state index >= 15 is 0 Å². The Bertz CT molecular complexity index is 668. The molecular formula is C25H39NO. The summed E-state index contributed by atoms with van der Waals surface area (Å²) in [5.74, 6) is 4.43. The van der Waals surface area contributed by atoms with Crippen LogP contribution in [0.15, 0.2) is 18.2 Å². The van der Waals surface area contributed by atoms with E-state index in [1.807, 2.05) is 0 Å². The molecular weight excluding hydrogens is 330 g/mol. The zero-order valence-corrected chi connectivity index (χ0v) is 18.1. The molecule has 0 radical (unpaired) electrons. The predicted octanol–water partition coefficient (Wildman–Crippen LogP) is 5.90. The van der Waals surface area contributed by atoms with E-state index in [4.69, 9.17) is 4.74 Å². The lowest BCUT2D eigenvalue weighted by Gasteiger charge is -2.52. The van der Waals surface area contributed by atoms with Crippen LogP contribution in [0.2, 0.25) is 0 Å². The molecule has 0 unspecified atom stereocenters. The summed E-state index contributed by atoms with van der Waals surface area (Å²) in [6.45, 7) is 8.61. The van der Waals surface area contributed by atoms with Crippen LogP contribution in [-0.4, -0.2) is 31.6 Å². The van der Waals surface area contributed by atoms with Gasteiger partial charge in [0.15, 0.2) is 0 Å². The third-order valence-electron chi connectivity index (χ3n) is 8.47. The number of nitrogens with zero attached hydrogens (tertiary/aromatic N) is 1. The van der Waals surface area contributed by atoms with Crippen LogP contribution in [0.3, 0.4) is 0 Å². The molecule has 0 aliphatic heterocycles. The Balaban J connectivity index is 1.53. The minimum absolute atomic E-state index is 0.525. The fourth-order valence-electron chi connectivity index (χ4n) is 7.00. The summed E-state index contributed by atoms with van der Waals surface area (Å²) >= 11 is 0. The second-order valence-corrected chi connectivity index (χ2v) is 10.3. The lowest BCUT2D eigenvalue weighted by atomic mass is 9.55. The van der Waals surface area contributed by atoms with Gasteiger partial charge in [-0.2, -0.15) is 0 Å². The van der Waals surface area contributed by atoms with Crippen LogP contribution in [0, 0.1) is 23.2 Å². The van der Waals surface area contributed by atoms with Crippen LogP contribution >= 0.6 is 0 Å². The average molecular weight is 370 g/mol. The van der Waals surface area contributed by atoms with E-state index in [0.717, 1.165) is 35.5 Å². The Hall–Kier alpha value is -1.02. The molecule has 0 spiro atoms. The molecule has 1 aromatic rings. The number of rotatable bonds is 5. The summed E-state index contributed by atoms with van der Waals surface area (Å²) < 4.78 is 5.48. The van der Waals surface area contributed by atoms with E-state index in [-0.39, 0.29) is 0 Å². The van der Waals surface area contributed by atoms with Gasteiger partial charge >= 0.3 is 0 Å². The second-order valence-electron chi connectivity index (χ2n) is 10.3. The molecule has 0 amide bonds. The minimum atomic E-state index is 0.525. The first-order chi connectivity index (χ1) is 12.9. The Kier molecular flexibility index (Phi) is 5.31. The van der Waals surface area contributed by atoms with Crippen molar-refractivity contribution >= 4 is 0 Å². The van der Waals surface area contributed by atoms with Gasteiger partial charge in [0.1, 0.15) is 5.75 Å². The lowest BCUT2D eigenvalue weighted by molar-refractivity contribution is 0.00657. The van der Waals surface area contributed by atoms with Crippen LogP contribution in [-0.2, 0) is 6.42 Å². The van der Waals surface area contributed by atoms with Crippen LogP contribution in [0.25, 0.3) is 0 Å². The molecule has 2 nitrogen and oxygen atoms in total. The highest BCUT2D eigenvalue weighted by molar-refractivity contribution is 5.40. The molecule has 5 atom stereocenters. The highest BCUT2D eigenvalue weighted by atomic mass is 16.5. The Morgan fingerprint density at radius 1 is 1.19 bits per heavy atom. The largest absolute Gasteiger partial charge is 0.497 e. The number of benzene rings is 1. The standard InChI is InChI=1S/C25H39NO/c1-17(2)13-15-26(4)24-11-10-23-22-8-6-18-16-19(27-5)7-9-20(18)21(22)12-14-25(23,24)3/h7,9,16-17,21-24H,6,8,10-15H2,1-5H3/t21-,22-,23+,24+,25+/m1/s1. The van der Waals surface area contributed by atoms with Gasteiger partial charge in [-0.25, -0.2) is 0 Å². The van der Waals surface area contributed by atoms with Gasteiger partial charge in [-0.3, -0.25) is 0 Å². The molecule has 0 aromatic heterocycles. The topological polar surface area (TPSA) is 12.5 Å². The first kappa shape index (κ1) is 19.3. The number of ether oxygens (including phenoxy) is 1. The lowest BCUT2D eigenvalue weighted by Crippen LogP contribution is -2.49. The maximum absolute atomic E-state index is 5.48. The van der Waals surface area contributed by atoms with E-state index < -0.39 is 0 Å². The summed E-state index contributed by atoms with van der Waals surface area (Å²) in [5.41, 5.74) is 3.73. The van der Waals surface area contributed by atoms with E-state index in [1.165, 1.54) is 51.5 Å². The quantitative estimate of drug-likeness (QED) is 0.641. The fourth-order valence-corrected chi connectivity index (χ4v) is 7.00. The van der Waals surface area contributed by atoms with E-state index in [1.54, 1.807) is 18.2 Å². The van der Waals surface area contributed by atoms with Crippen LogP contribution in [0.1, 0.15) is 76.3 Å². The maximum Gasteiger partial charge on any atom is 0.119 e. The number of fused-ring (bicyclic) bond motifs is 5. The summed E-state index contributed by atoms with van der Waals surface area (Å²) in [4.78, 5) is 2.72. The first-order valence-electron chi connectivity index (χ1n) is 11.3. The van der Waals surface area contributed by atoms with Crippen LogP contribution in [0.4, 0.5) is 0 Å². The molecule has 0 heterocycles. The van der Waals surface area contributed by atoms with Gasteiger partial charge in [0.2, 0.25) is 0 Å². The van der Waals surface area contributed by atoms with Gasteiger partial charge in [-0.1, -0.05) is 26.8 Å². The highest BCUT2D eigenvalue weighted by Crippen LogP contribution is 2.61. The second kappa shape index (κ2) is 7.43. The Labute approximate surface area is 166 Å². The maximum atomic E-state index is 5.48. The molecule has 4 rings (SSSR count). The van der Waals surface area contributed by atoms with E-state index in [0.29, 0.717) is 5.41 Å². The van der Waals surface area contributed by atoms with Gasteiger partial charge in [-0.15, -0.1) is 0 Å². The summed E-state index contributed by atoms with van der Waals surface area (Å²) in [5, 5.41) is 0. The van der Waals surface area contributed by atoms with Gasteiger partial charge in [0.25, 0.3) is 0 Å². The zero-order chi connectivity index (χ0) is 19.2. The average Bonchev–Trinajstić information content (AvgIpc) is 3.02. The number of methoxy groups -OCH3 is 1. The molecule has 0 bridgehead atoms. The molecule has 0 N–H and O–H groups in total. The smallest absolute Gasteiger partial charge is 0.119 e. The van der Waals surface area contributed by atoms with Crippen LogP contribution in [0.5, 0.6) is 5.75 Å². The fraction of sp³-hybridized carbons (Fsp3) is 0.760. The number of aryl methyl sites for hydroxylation is 1. The first-order valence-corrected chi connectivity index (χ1v) is 11.3. The summed E-state index contributed by atoms with van der Waals surface area (Å²) in [7, 11) is 4.18. The predicted molar refractivity (Wildman–Crippen MR) is 113 cm³/mol. The Morgan fingerprint density at radius 3 is 2.74 bits per heavy atom. The molecule has 3 aliphatic rings. The van der Waals surface area contributed by atoms with Gasteiger partial charge in [-0.05, 0) is 111 Å². The van der Waals surface area contributed by atoms with Crippen molar-refractivity contribution in [1.82, 2.24) is 4.90 Å². The molecule has 2 saturated carbocycles. The SMILES string of the molecule is COc1ccc2c(c1)CC[C@@H]1[C@@H]2CC[C@]2(C)[C@@H](N(C)CCC(C)C)CC[C@@H]12. The van der Waals surface area contributed by atoms with Crippen molar-refractivity contribution in [2.24, 2.45) is 23.2 Å². The van der Waals surface area contributed by atoms with Crippen molar-refractivity contribution in [3.05, 3.63) is 29.3 Å². The normalized spacial score (nSPS) is 35.1. The third-order valence-corrected chi connectivity index (χ3v) is 8.47. The zero-order valence-electron chi connectivity index (χ0n) is 18.1. The molecule has 2 heteroatoms. The number of hydrogen-bond acceptors (Lipinski definition) is 2. The minimum Gasteiger partial charge on any atom is -0.497 e. The van der Waals surface area contributed by atoms with Gasteiger partial charge < -0.3 is 9.64 Å². The Morgan fingerprint density at radius 2 is 2.00 bits per heavy atom. The summed E-state index contributed by atoms with van der Waals surface area (Å²) in [6.07, 6.45) is 9.59. The van der Waals surface area contributed by atoms with Crippen molar-refractivity contribution < 1.29 is 4.74 Å². The van der Waals surface area contributed by atoms with Gasteiger partial charge in [0.05, 0.1) is 7.11 Å². The monoisotopic (exact) mass is 369 g/mol. The van der Waals surface area contributed by atoms with Crippen molar-refractivity contribution in [2.75, 3.05) is 20.7 Å². The highest BCUT2D eigenvalue weighted by Gasteiger charge is 2.55.